The number of nitriles is 1. The van der Waals surface area contributed by atoms with Crippen LogP contribution in [0.5, 0.6) is 0 Å². The molecule has 1 heterocycles. The summed E-state index contributed by atoms with van der Waals surface area (Å²) in [6.45, 7) is 0. The van der Waals surface area contributed by atoms with Crippen LogP contribution in [0.15, 0.2) is 17.5 Å². The highest BCUT2D eigenvalue weighted by Gasteiger charge is 2.12. The Balaban J connectivity index is 2.81. The fourth-order valence-electron chi connectivity index (χ4n) is 1.38. The molecule has 0 aliphatic carbocycles. The SMILES string of the molecule is N#CCc1c(F)cc(F)c2sccc12. The van der Waals surface area contributed by atoms with Crippen molar-refractivity contribution in [2.45, 2.75) is 6.42 Å². The lowest BCUT2D eigenvalue weighted by atomic mass is 10.1. The first kappa shape index (κ1) is 9.10. The van der Waals surface area contributed by atoms with Crippen LogP contribution in [0.3, 0.4) is 0 Å². The van der Waals surface area contributed by atoms with E-state index in [-0.39, 0.29) is 12.0 Å². The van der Waals surface area contributed by atoms with Gasteiger partial charge in [-0.05, 0) is 11.4 Å². The van der Waals surface area contributed by atoms with Crippen molar-refractivity contribution in [1.82, 2.24) is 0 Å². The third-order valence-electron chi connectivity index (χ3n) is 2.00. The van der Waals surface area contributed by atoms with Gasteiger partial charge in [-0.2, -0.15) is 5.26 Å². The van der Waals surface area contributed by atoms with E-state index in [4.69, 9.17) is 5.26 Å². The van der Waals surface area contributed by atoms with Gasteiger partial charge in [0.15, 0.2) is 0 Å². The van der Waals surface area contributed by atoms with Crippen molar-refractivity contribution in [3.63, 3.8) is 0 Å². The third-order valence-corrected chi connectivity index (χ3v) is 2.93. The summed E-state index contributed by atoms with van der Waals surface area (Å²) in [6, 6.07) is 4.34. The van der Waals surface area contributed by atoms with Gasteiger partial charge < -0.3 is 0 Å². The zero-order valence-corrected chi connectivity index (χ0v) is 7.87. The van der Waals surface area contributed by atoms with Crippen molar-refractivity contribution in [3.05, 3.63) is 34.7 Å². The summed E-state index contributed by atoms with van der Waals surface area (Å²) in [4.78, 5) is 0. The maximum atomic E-state index is 13.3. The van der Waals surface area contributed by atoms with Crippen molar-refractivity contribution in [2.75, 3.05) is 0 Å². The summed E-state index contributed by atoms with van der Waals surface area (Å²) >= 11 is 1.21. The van der Waals surface area contributed by atoms with Crippen LogP contribution in [0, 0.1) is 23.0 Å². The summed E-state index contributed by atoms with van der Waals surface area (Å²) in [7, 11) is 0. The molecule has 2 rings (SSSR count). The third kappa shape index (κ3) is 1.26. The van der Waals surface area contributed by atoms with Gasteiger partial charge >= 0.3 is 0 Å². The van der Waals surface area contributed by atoms with Crippen LogP contribution in [0.4, 0.5) is 8.78 Å². The van der Waals surface area contributed by atoms with E-state index in [0.29, 0.717) is 10.1 Å². The molecule has 0 aliphatic rings. The summed E-state index contributed by atoms with van der Waals surface area (Å²) < 4.78 is 26.9. The number of thiophene rings is 1. The minimum absolute atomic E-state index is 0.0284. The van der Waals surface area contributed by atoms with Crippen molar-refractivity contribution in [2.24, 2.45) is 0 Å². The van der Waals surface area contributed by atoms with E-state index >= 15 is 0 Å². The van der Waals surface area contributed by atoms with E-state index < -0.39 is 11.6 Å². The average molecular weight is 209 g/mol. The highest BCUT2D eigenvalue weighted by molar-refractivity contribution is 7.17. The number of fused-ring (bicyclic) bond motifs is 1. The molecule has 0 aliphatic heterocycles. The molecule has 1 aromatic heterocycles. The van der Waals surface area contributed by atoms with Crippen LogP contribution < -0.4 is 0 Å². The molecule has 0 N–H and O–H groups in total. The first-order valence-electron chi connectivity index (χ1n) is 3.95. The summed E-state index contributed by atoms with van der Waals surface area (Å²) in [5.74, 6) is -1.20. The Morgan fingerprint density at radius 2 is 2.14 bits per heavy atom. The number of hydrogen-bond donors (Lipinski definition) is 0. The summed E-state index contributed by atoms with van der Waals surface area (Å²) in [6.07, 6.45) is -0.0284. The van der Waals surface area contributed by atoms with Gasteiger partial charge in [0.25, 0.3) is 0 Å². The Hall–Kier alpha value is -1.47. The Morgan fingerprint density at radius 3 is 2.86 bits per heavy atom. The molecule has 0 saturated carbocycles. The van der Waals surface area contributed by atoms with Crippen LogP contribution in [-0.2, 0) is 6.42 Å². The van der Waals surface area contributed by atoms with E-state index in [1.165, 1.54) is 11.3 Å². The zero-order chi connectivity index (χ0) is 10.1. The van der Waals surface area contributed by atoms with Crippen LogP contribution >= 0.6 is 11.3 Å². The van der Waals surface area contributed by atoms with Crippen LogP contribution in [-0.4, -0.2) is 0 Å². The molecule has 0 amide bonds. The Morgan fingerprint density at radius 1 is 1.36 bits per heavy atom. The molecule has 0 atom stereocenters. The number of rotatable bonds is 1. The summed E-state index contributed by atoms with van der Waals surface area (Å²) in [5.41, 5.74) is 0.283. The van der Waals surface area contributed by atoms with Gasteiger partial charge in [-0.3, -0.25) is 0 Å². The lowest BCUT2D eigenvalue weighted by molar-refractivity contribution is 0.585. The van der Waals surface area contributed by atoms with Crippen molar-refractivity contribution in [3.8, 4) is 6.07 Å². The topological polar surface area (TPSA) is 23.8 Å². The molecular formula is C10H5F2NS. The molecule has 2 aromatic rings. The fourth-order valence-corrected chi connectivity index (χ4v) is 2.21. The lowest BCUT2D eigenvalue weighted by Gasteiger charge is -2.01. The van der Waals surface area contributed by atoms with E-state index in [1.54, 1.807) is 11.4 Å². The minimum Gasteiger partial charge on any atom is -0.207 e. The van der Waals surface area contributed by atoms with E-state index in [1.807, 2.05) is 6.07 Å². The Labute approximate surface area is 83.2 Å². The van der Waals surface area contributed by atoms with Gasteiger partial charge in [0.05, 0.1) is 17.2 Å². The molecule has 1 aromatic carbocycles. The number of benzene rings is 1. The molecule has 0 saturated heterocycles. The standard InChI is InChI=1S/C10H5F2NS/c11-8-5-9(12)10-7(2-4-14-10)6(8)1-3-13/h2,4-5H,1H2. The van der Waals surface area contributed by atoms with Gasteiger partial charge in [-0.15, -0.1) is 11.3 Å². The van der Waals surface area contributed by atoms with Crippen LogP contribution in [0.1, 0.15) is 5.56 Å². The molecule has 0 bridgehead atoms. The van der Waals surface area contributed by atoms with Crippen LogP contribution in [0.2, 0.25) is 0 Å². The second-order valence-electron chi connectivity index (χ2n) is 2.82. The molecule has 14 heavy (non-hydrogen) atoms. The van der Waals surface area contributed by atoms with Gasteiger partial charge in [-0.25, -0.2) is 8.78 Å². The largest absolute Gasteiger partial charge is 0.207 e. The van der Waals surface area contributed by atoms with Gasteiger partial charge in [0.2, 0.25) is 0 Å². The summed E-state index contributed by atoms with van der Waals surface area (Å²) in [5, 5.41) is 10.7. The highest BCUT2D eigenvalue weighted by atomic mass is 32.1. The predicted molar refractivity (Wildman–Crippen MR) is 51.1 cm³/mol. The van der Waals surface area contributed by atoms with E-state index in [0.717, 1.165) is 6.07 Å². The molecule has 0 spiro atoms. The molecule has 1 nitrogen and oxygen atoms in total. The van der Waals surface area contributed by atoms with Gasteiger partial charge in [0.1, 0.15) is 11.6 Å². The van der Waals surface area contributed by atoms with E-state index in [2.05, 4.69) is 0 Å². The zero-order valence-electron chi connectivity index (χ0n) is 7.05. The Kier molecular flexibility index (Phi) is 2.18. The second kappa shape index (κ2) is 3.35. The second-order valence-corrected chi connectivity index (χ2v) is 3.73. The Bertz CT molecular complexity index is 525. The smallest absolute Gasteiger partial charge is 0.143 e. The number of hydrogen-bond acceptors (Lipinski definition) is 2. The molecular weight excluding hydrogens is 204 g/mol. The monoisotopic (exact) mass is 209 g/mol. The number of halogens is 2. The molecule has 4 heteroatoms. The van der Waals surface area contributed by atoms with Crippen molar-refractivity contribution >= 4 is 21.4 Å². The number of nitrogens with zero attached hydrogens (tertiary/aromatic N) is 1. The minimum atomic E-state index is -0.644. The molecule has 0 radical (unpaired) electrons. The van der Waals surface area contributed by atoms with Crippen molar-refractivity contribution in [1.29, 1.82) is 5.26 Å². The fraction of sp³-hybridized carbons (Fsp3) is 0.100. The normalized spacial score (nSPS) is 10.4. The maximum Gasteiger partial charge on any atom is 0.143 e. The van der Waals surface area contributed by atoms with Crippen molar-refractivity contribution < 1.29 is 8.78 Å². The quantitative estimate of drug-likeness (QED) is 0.707. The molecule has 0 unspecified atom stereocenters. The molecule has 0 fully saturated rings. The molecule has 70 valence electrons. The maximum absolute atomic E-state index is 13.3. The lowest BCUT2D eigenvalue weighted by Crippen LogP contribution is -1.91. The van der Waals surface area contributed by atoms with Gasteiger partial charge in [-0.1, -0.05) is 0 Å². The first-order valence-corrected chi connectivity index (χ1v) is 4.83. The predicted octanol–water partition coefficient (Wildman–Crippen LogP) is 3.25. The van der Waals surface area contributed by atoms with Crippen LogP contribution in [0.25, 0.3) is 10.1 Å². The average Bonchev–Trinajstić information content (AvgIpc) is 2.60. The highest BCUT2D eigenvalue weighted by Crippen LogP contribution is 2.29. The van der Waals surface area contributed by atoms with Gasteiger partial charge in [0, 0.05) is 17.0 Å². The first-order chi connectivity index (χ1) is 6.74. The van der Waals surface area contributed by atoms with E-state index in [9.17, 15) is 8.78 Å².